The minimum Gasteiger partial charge on any atom is -0.395 e. The number of hydrogen-bond acceptors (Lipinski definition) is 6. The molecule has 1 atom stereocenters. The van der Waals surface area contributed by atoms with E-state index in [4.69, 9.17) is 16.9 Å². The highest BCUT2D eigenvalue weighted by Gasteiger charge is 2.34. The molecule has 12 heteroatoms. The zero-order valence-corrected chi connectivity index (χ0v) is 17.5. The number of aliphatic hydroxyl groups is 1. The van der Waals surface area contributed by atoms with Crippen molar-refractivity contribution in [2.24, 2.45) is 0 Å². The number of carbonyl (C=O) groups excluding carboxylic acids is 1. The summed E-state index contributed by atoms with van der Waals surface area (Å²) in [6, 6.07) is 3.08. The Morgan fingerprint density at radius 1 is 1.47 bits per heavy atom. The molecule has 0 aromatic carbocycles. The van der Waals surface area contributed by atoms with Gasteiger partial charge in [0.1, 0.15) is 22.4 Å². The second-order valence-electron chi connectivity index (χ2n) is 6.88. The van der Waals surface area contributed by atoms with Crippen LogP contribution in [0.3, 0.4) is 0 Å². The molecule has 3 rings (SSSR count). The van der Waals surface area contributed by atoms with Crippen molar-refractivity contribution in [2.45, 2.75) is 43.7 Å². The maximum Gasteiger partial charge on any atom is 0.273 e. The van der Waals surface area contributed by atoms with Gasteiger partial charge in [-0.3, -0.25) is 4.79 Å². The van der Waals surface area contributed by atoms with Gasteiger partial charge in [0.2, 0.25) is 16.0 Å². The number of anilines is 1. The Bertz CT molecular complexity index is 1140. The number of hydrogen-bond donors (Lipinski definition) is 3. The summed E-state index contributed by atoms with van der Waals surface area (Å²) in [4.78, 5) is 16.1. The number of halogens is 2. The quantitative estimate of drug-likeness (QED) is 0.568. The van der Waals surface area contributed by atoms with Gasteiger partial charge in [-0.1, -0.05) is 11.6 Å². The molecule has 1 aliphatic heterocycles. The second-order valence-corrected chi connectivity index (χ2v) is 8.91. The first-order chi connectivity index (χ1) is 14.2. The summed E-state index contributed by atoms with van der Waals surface area (Å²) in [5.74, 6) is -1.69. The summed E-state index contributed by atoms with van der Waals surface area (Å²) >= 11 is 6.38. The summed E-state index contributed by atoms with van der Waals surface area (Å²) in [6.07, 6.45) is 1.85. The van der Waals surface area contributed by atoms with Crippen LogP contribution in [0.4, 0.5) is 10.1 Å². The van der Waals surface area contributed by atoms with Crippen molar-refractivity contribution in [3.05, 3.63) is 40.2 Å². The van der Waals surface area contributed by atoms with Gasteiger partial charge in [0.15, 0.2) is 0 Å². The van der Waals surface area contributed by atoms with Gasteiger partial charge in [0.25, 0.3) is 5.91 Å². The van der Waals surface area contributed by atoms with Gasteiger partial charge >= 0.3 is 0 Å². The molecule has 2 aromatic rings. The van der Waals surface area contributed by atoms with Gasteiger partial charge in [-0.25, -0.2) is 18.1 Å². The van der Waals surface area contributed by atoms with Gasteiger partial charge in [-0.15, -0.1) is 0 Å². The van der Waals surface area contributed by atoms with E-state index >= 15 is 0 Å². The molecule has 0 radical (unpaired) electrons. The van der Waals surface area contributed by atoms with Crippen molar-refractivity contribution in [1.82, 2.24) is 14.3 Å². The molecule has 0 spiro atoms. The number of amides is 1. The fourth-order valence-corrected chi connectivity index (χ4v) is 5.52. The molecule has 3 N–H and O–H groups in total. The monoisotopic (exact) mass is 455 g/mol. The lowest BCUT2D eigenvalue weighted by Gasteiger charge is -2.19. The number of fused-ring (bicyclic) bond motifs is 1. The van der Waals surface area contributed by atoms with Crippen molar-refractivity contribution in [1.29, 1.82) is 5.26 Å². The number of pyridine rings is 1. The van der Waals surface area contributed by atoms with Crippen LogP contribution in [0.1, 0.15) is 41.6 Å². The van der Waals surface area contributed by atoms with Gasteiger partial charge in [-0.2, -0.15) is 9.65 Å². The third kappa shape index (κ3) is 4.32. The standard InChI is InChI=1S/C18H19ClFN5O4S/c1-10(9-26)24-30(28,29)17-13-4-2-3-5-25(13)16(15(17)19)18(27)23-11-6-12(8-21)22-14(20)7-11/h6-7,10,24,26H,2-5,9H2,1H3,(H,22,23,27). The van der Waals surface area contributed by atoms with E-state index in [1.165, 1.54) is 13.0 Å². The van der Waals surface area contributed by atoms with E-state index in [2.05, 4.69) is 15.0 Å². The molecule has 2 aromatic heterocycles. The highest BCUT2D eigenvalue weighted by Crippen LogP contribution is 2.36. The van der Waals surface area contributed by atoms with E-state index in [0.29, 0.717) is 18.7 Å². The first-order valence-electron chi connectivity index (χ1n) is 9.11. The van der Waals surface area contributed by atoms with Crippen LogP contribution in [-0.2, 0) is 23.0 Å². The predicted octanol–water partition coefficient (Wildman–Crippen LogP) is 1.79. The summed E-state index contributed by atoms with van der Waals surface area (Å²) in [5, 5.41) is 20.3. The van der Waals surface area contributed by atoms with E-state index in [1.807, 2.05) is 0 Å². The molecule has 0 fully saturated rings. The van der Waals surface area contributed by atoms with E-state index < -0.39 is 34.5 Å². The maximum atomic E-state index is 13.6. The molecule has 1 unspecified atom stereocenters. The topological polar surface area (TPSA) is 137 Å². The fourth-order valence-electron chi connectivity index (χ4n) is 3.34. The van der Waals surface area contributed by atoms with Crippen LogP contribution in [0.15, 0.2) is 17.0 Å². The third-order valence-corrected chi connectivity index (χ3v) is 6.76. The maximum absolute atomic E-state index is 13.6. The molecule has 1 aliphatic rings. The van der Waals surface area contributed by atoms with Crippen molar-refractivity contribution in [2.75, 3.05) is 11.9 Å². The second kappa shape index (κ2) is 8.69. The third-order valence-electron chi connectivity index (χ3n) is 4.59. The van der Waals surface area contributed by atoms with E-state index in [-0.39, 0.29) is 27.0 Å². The molecule has 9 nitrogen and oxygen atoms in total. The van der Waals surface area contributed by atoms with Gasteiger partial charge in [-0.05, 0) is 32.3 Å². The summed E-state index contributed by atoms with van der Waals surface area (Å²) in [5.41, 5.74) is 0.0914. The SMILES string of the molecule is CC(CO)NS(=O)(=O)c1c(Cl)c(C(=O)Nc2cc(F)nc(C#N)c2)n2c1CCCC2. The molecular formula is C18H19ClFN5O4S. The zero-order chi connectivity index (χ0) is 22.1. The Balaban J connectivity index is 2.06. The van der Waals surface area contributed by atoms with Gasteiger partial charge < -0.3 is 15.0 Å². The minimum atomic E-state index is -4.10. The fraction of sp³-hybridized carbons (Fsp3) is 0.389. The van der Waals surface area contributed by atoms with Crippen LogP contribution in [0.5, 0.6) is 0 Å². The van der Waals surface area contributed by atoms with Crippen LogP contribution >= 0.6 is 11.6 Å². The number of aliphatic hydroxyl groups excluding tert-OH is 1. The number of carbonyl (C=O) groups is 1. The molecule has 0 bridgehead atoms. The van der Waals surface area contributed by atoms with Crippen LogP contribution < -0.4 is 10.0 Å². The van der Waals surface area contributed by atoms with Crippen molar-refractivity contribution < 1.29 is 22.7 Å². The van der Waals surface area contributed by atoms with Crippen molar-refractivity contribution in [3.63, 3.8) is 0 Å². The van der Waals surface area contributed by atoms with Crippen molar-refractivity contribution in [3.8, 4) is 6.07 Å². The molecule has 0 aliphatic carbocycles. The zero-order valence-electron chi connectivity index (χ0n) is 15.9. The van der Waals surface area contributed by atoms with Gasteiger partial charge in [0.05, 0.1) is 11.6 Å². The molecular weight excluding hydrogens is 437 g/mol. The molecule has 3 heterocycles. The summed E-state index contributed by atoms with van der Waals surface area (Å²) in [7, 11) is -4.10. The number of rotatable bonds is 6. The van der Waals surface area contributed by atoms with Crippen molar-refractivity contribution >= 4 is 33.2 Å². The Hall–Kier alpha value is -2.52. The lowest BCUT2D eigenvalue weighted by Crippen LogP contribution is -2.35. The normalized spacial score (nSPS) is 14.6. The molecule has 0 saturated heterocycles. The lowest BCUT2D eigenvalue weighted by atomic mass is 10.1. The highest BCUT2D eigenvalue weighted by molar-refractivity contribution is 7.89. The van der Waals surface area contributed by atoms with Crippen LogP contribution in [0.25, 0.3) is 0 Å². The molecule has 1 amide bonds. The number of nitriles is 1. The number of aromatic nitrogens is 2. The van der Waals surface area contributed by atoms with E-state index in [1.54, 1.807) is 10.6 Å². The number of nitrogens with zero attached hydrogens (tertiary/aromatic N) is 3. The Labute approximate surface area is 177 Å². The predicted molar refractivity (Wildman–Crippen MR) is 106 cm³/mol. The Morgan fingerprint density at radius 2 is 2.20 bits per heavy atom. The first kappa shape index (κ1) is 22.2. The van der Waals surface area contributed by atoms with Gasteiger partial charge in [0, 0.05) is 30.0 Å². The molecule has 30 heavy (non-hydrogen) atoms. The summed E-state index contributed by atoms with van der Waals surface area (Å²) in [6.45, 7) is 1.47. The minimum absolute atomic E-state index is 0.0112. The lowest BCUT2D eigenvalue weighted by molar-refractivity contribution is 0.101. The number of sulfonamides is 1. The van der Waals surface area contributed by atoms with Crippen LogP contribution in [0.2, 0.25) is 5.02 Å². The average Bonchev–Trinajstić information content (AvgIpc) is 2.99. The molecule has 0 saturated carbocycles. The van der Waals surface area contributed by atoms with E-state index in [9.17, 15) is 22.7 Å². The summed E-state index contributed by atoms with van der Waals surface area (Å²) < 4.78 is 43.2. The van der Waals surface area contributed by atoms with E-state index in [0.717, 1.165) is 18.9 Å². The smallest absolute Gasteiger partial charge is 0.273 e. The molecule has 160 valence electrons. The average molecular weight is 456 g/mol. The van der Waals surface area contributed by atoms with Crippen LogP contribution in [-0.4, -0.2) is 41.6 Å². The highest BCUT2D eigenvalue weighted by atomic mass is 35.5. The largest absolute Gasteiger partial charge is 0.395 e. The Kier molecular flexibility index (Phi) is 6.42. The number of nitrogens with one attached hydrogen (secondary N) is 2. The Morgan fingerprint density at radius 3 is 2.87 bits per heavy atom. The first-order valence-corrected chi connectivity index (χ1v) is 11.0. The van der Waals surface area contributed by atoms with Crippen LogP contribution in [0, 0.1) is 17.3 Å².